The molecule has 1 aliphatic rings. The largest absolute Gasteiger partial charge is 0.491 e. The lowest BCUT2D eigenvalue weighted by Crippen LogP contribution is -2.56. The zero-order chi connectivity index (χ0) is 62.9. The average Bonchev–Trinajstić information content (AvgIpc) is 1.55. The first-order valence-corrected chi connectivity index (χ1v) is 41.2. The summed E-state index contributed by atoms with van der Waals surface area (Å²) in [5.74, 6) is -0.452. The van der Waals surface area contributed by atoms with E-state index in [0.717, 1.165) is 180 Å². The van der Waals surface area contributed by atoms with Crippen LogP contribution in [0.1, 0.15) is 220 Å². The van der Waals surface area contributed by atoms with Gasteiger partial charge in [0.2, 0.25) is 0 Å². The van der Waals surface area contributed by atoms with Crippen molar-refractivity contribution in [3.63, 3.8) is 0 Å². The van der Waals surface area contributed by atoms with Crippen LogP contribution in [0.15, 0.2) is 24.3 Å². The van der Waals surface area contributed by atoms with E-state index in [1.807, 2.05) is 6.07 Å². The normalized spacial score (nSPS) is 15.5. The lowest BCUT2D eigenvalue weighted by atomic mass is 9.96. The number of aromatic nitrogens is 4. The fourth-order valence-corrected chi connectivity index (χ4v) is 28.2. The van der Waals surface area contributed by atoms with Gasteiger partial charge >= 0.3 is 0 Å². The fraction of sp³-hybridized carbons (Fsp3) is 0.583. The summed E-state index contributed by atoms with van der Waals surface area (Å²) in [6.07, 6.45) is 27.3. The van der Waals surface area contributed by atoms with Gasteiger partial charge in [-0.15, -0.1) is 45.3 Å². The van der Waals surface area contributed by atoms with E-state index in [1.54, 1.807) is 18.3 Å². The Hall–Kier alpha value is -3.84. The quantitative estimate of drug-likeness (QED) is 0.0220. The van der Waals surface area contributed by atoms with E-state index >= 15 is 17.6 Å². The van der Waals surface area contributed by atoms with Gasteiger partial charge < -0.3 is 9.47 Å². The average molecular weight is 1340 g/mol. The monoisotopic (exact) mass is 1340 g/mol. The third kappa shape index (κ3) is 14.2. The smallest absolute Gasteiger partial charge is 0.170 e. The molecule has 0 bridgehead atoms. The van der Waals surface area contributed by atoms with Crippen LogP contribution in [0.25, 0.3) is 83.3 Å². The molecule has 10 rings (SSSR count). The summed E-state index contributed by atoms with van der Waals surface area (Å²) in [6.45, 7) is 23.0. The molecule has 6 nitrogen and oxygen atoms in total. The van der Waals surface area contributed by atoms with Gasteiger partial charge in [0.1, 0.15) is 41.6 Å². The zero-order valence-electron chi connectivity index (χ0n) is 54.5. The fourth-order valence-electron chi connectivity index (χ4n) is 14.3. The molecule has 0 saturated carbocycles. The van der Waals surface area contributed by atoms with Crippen LogP contribution in [0.5, 0.6) is 11.5 Å². The van der Waals surface area contributed by atoms with Crippen LogP contribution in [0.3, 0.4) is 0 Å². The minimum absolute atomic E-state index is 0.109. The predicted molar refractivity (Wildman–Crippen MR) is 382 cm³/mol. The first kappa shape index (κ1) is 68.0. The molecule has 89 heavy (non-hydrogen) atoms. The topological polar surface area (TPSA) is 70.0 Å². The molecule has 4 atom stereocenters. The number of rotatable bonds is 37. The van der Waals surface area contributed by atoms with Gasteiger partial charge in [0.15, 0.2) is 23.3 Å². The second kappa shape index (κ2) is 31.4. The van der Waals surface area contributed by atoms with Crippen molar-refractivity contribution in [2.24, 2.45) is 23.7 Å². The van der Waals surface area contributed by atoms with E-state index < -0.39 is 31.3 Å². The molecule has 3 aromatic carbocycles. The summed E-state index contributed by atoms with van der Waals surface area (Å²) in [5.41, 5.74) is 1.98. The van der Waals surface area contributed by atoms with Crippen molar-refractivity contribution in [1.29, 1.82) is 0 Å². The van der Waals surface area contributed by atoms with E-state index in [2.05, 4.69) is 89.3 Å². The minimum atomic E-state index is -2.82. The van der Waals surface area contributed by atoms with E-state index in [1.165, 1.54) is 101 Å². The molecular weight excluding hydrogens is 1250 g/mol. The third-order valence-electron chi connectivity index (χ3n) is 19.5. The summed E-state index contributed by atoms with van der Waals surface area (Å²) >= 11 is 8.10. The number of fused-ring (bicyclic) bond motifs is 7. The molecule has 1 aliphatic heterocycles. The Kier molecular flexibility index (Phi) is 24.0. The van der Waals surface area contributed by atoms with Gasteiger partial charge in [0.25, 0.3) is 0 Å². The standard InChI is InChI=1S/C72H94F4N4O2S6Si/c1-11-19-25-27-33-47(31-23-15-5)39-81-67-49-35-43(9)83-69(49)68(82-40-48(32-24-16-6)34-28-26-20-12-2)50-36-51(84-70(50)67)56-61(75)62(76)58(66-65(56)79-88-80-66)53-38-55-72(86-53)71-54(37-52(85-71)57-60(74)59(73)44(10)63-64(57)78-87-77-63)89(55,41-45(17-7)29-21-13-3)42-46(18-8)30-22-14-4/h35-38,45-48H,11-34,39-42H2,1-10H3. The molecule has 0 N–H and O–H groups in total. The maximum absolute atomic E-state index is 18.3. The number of ether oxygens (including phenoxy) is 2. The number of benzene rings is 3. The Bertz CT molecular complexity index is 3720. The Balaban J connectivity index is 1.14. The van der Waals surface area contributed by atoms with Crippen molar-refractivity contribution in [3.05, 3.63) is 58.0 Å². The predicted octanol–water partition coefficient (Wildman–Crippen LogP) is 24.7. The molecule has 0 fully saturated rings. The molecule has 0 saturated heterocycles. The summed E-state index contributed by atoms with van der Waals surface area (Å²) in [7, 11) is -2.82. The van der Waals surface area contributed by atoms with Crippen LogP contribution in [-0.4, -0.2) is 38.8 Å². The molecule has 0 radical (unpaired) electrons. The molecule has 7 heterocycles. The van der Waals surface area contributed by atoms with Crippen LogP contribution < -0.4 is 19.8 Å². The Morgan fingerprint density at radius 2 is 0.798 bits per heavy atom. The maximum atomic E-state index is 18.3. The van der Waals surface area contributed by atoms with Crippen LogP contribution in [0.4, 0.5) is 17.6 Å². The van der Waals surface area contributed by atoms with Gasteiger partial charge in [-0.1, -0.05) is 184 Å². The van der Waals surface area contributed by atoms with Gasteiger partial charge in [-0.3, -0.25) is 0 Å². The second-order valence-electron chi connectivity index (χ2n) is 25.9. The molecule has 9 aromatic rings. The van der Waals surface area contributed by atoms with Gasteiger partial charge in [-0.2, -0.15) is 17.5 Å². The van der Waals surface area contributed by atoms with Crippen molar-refractivity contribution in [1.82, 2.24) is 17.5 Å². The number of hydrogen-bond acceptors (Lipinski definition) is 12. The van der Waals surface area contributed by atoms with E-state index in [-0.39, 0.29) is 22.3 Å². The molecular formula is C72H94F4N4O2S6Si. The Labute approximate surface area is 552 Å². The molecule has 0 aliphatic carbocycles. The first-order chi connectivity index (χ1) is 43.3. The van der Waals surface area contributed by atoms with Gasteiger partial charge in [-0.25, -0.2) is 17.6 Å². The number of hydrogen-bond donors (Lipinski definition) is 0. The summed E-state index contributed by atoms with van der Waals surface area (Å²) in [5, 5.41) is 4.38. The number of halogens is 4. The number of aryl methyl sites for hydroxylation is 2. The zero-order valence-corrected chi connectivity index (χ0v) is 60.4. The summed E-state index contributed by atoms with van der Waals surface area (Å²) < 4.78 is 104. The van der Waals surface area contributed by atoms with Gasteiger partial charge in [-0.05, 0) is 110 Å². The highest BCUT2D eigenvalue weighted by Gasteiger charge is 2.51. The van der Waals surface area contributed by atoms with E-state index in [9.17, 15) is 0 Å². The van der Waals surface area contributed by atoms with Crippen molar-refractivity contribution in [3.8, 4) is 52.6 Å². The molecule has 4 unspecified atom stereocenters. The molecule has 0 amide bonds. The van der Waals surface area contributed by atoms with Crippen molar-refractivity contribution in [2.75, 3.05) is 13.2 Å². The van der Waals surface area contributed by atoms with Crippen molar-refractivity contribution >= 4 is 129 Å². The maximum Gasteiger partial charge on any atom is 0.170 e. The first-order valence-electron chi connectivity index (χ1n) is 34.1. The number of nitrogens with zero attached hydrogens (tertiary/aromatic N) is 4. The van der Waals surface area contributed by atoms with Crippen molar-refractivity contribution in [2.45, 2.75) is 235 Å². The number of thiophene rings is 4. The van der Waals surface area contributed by atoms with E-state index in [4.69, 9.17) is 18.2 Å². The SMILES string of the molecule is CCCCCCC(CCCC)COc1c2cc(-c3c(F)c(F)c(-c4cc5c(s4)-c4sc(-c6c(F)c(F)c(C)c7nsnc67)cc4[Si]5(CC(CC)CCCC)CC(CC)CCCC)c4nsnc34)sc2c(OCC(CCCC)CCCCCC)c2cc(C)sc12. The molecule has 6 aromatic heterocycles. The minimum Gasteiger partial charge on any atom is -0.491 e. The second-order valence-corrected chi connectivity index (χ2v) is 35.4. The highest BCUT2D eigenvalue weighted by Crippen LogP contribution is 2.55. The Morgan fingerprint density at radius 1 is 0.416 bits per heavy atom. The third-order valence-corrected chi connectivity index (χ3v) is 31.0. The van der Waals surface area contributed by atoms with Crippen LogP contribution >= 0.6 is 68.8 Å². The van der Waals surface area contributed by atoms with Crippen LogP contribution in [0.2, 0.25) is 12.1 Å². The van der Waals surface area contributed by atoms with Gasteiger partial charge in [0, 0.05) is 45.6 Å². The van der Waals surface area contributed by atoms with Gasteiger partial charge in [0.05, 0.1) is 62.8 Å². The molecule has 482 valence electrons. The lowest BCUT2D eigenvalue weighted by molar-refractivity contribution is 0.227. The highest BCUT2D eigenvalue weighted by molar-refractivity contribution is 7.32. The van der Waals surface area contributed by atoms with Crippen molar-refractivity contribution < 1.29 is 27.0 Å². The Morgan fingerprint density at radius 3 is 1.25 bits per heavy atom. The van der Waals surface area contributed by atoms with Crippen LogP contribution in [-0.2, 0) is 0 Å². The lowest BCUT2D eigenvalue weighted by Gasteiger charge is -2.35. The van der Waals surface area contributed by atoms with Crippen LogP contribution in [0, 0.1) is 60.8 Å². The highest BCUT2D eigenvalue weighted by atomic mass is 32.1. The molecule has 17 heteroatoms. The summed E-state index contributed by atoms with van der Waals surface area (Å²) in [4.78, 5) is 5.05. The molecule has 0 spiro atoms. The number of unbranched alkanes of at least 4 members (excludes halogenated alkanes) is 10. The van der Waals surface area contributed by atoms with E-state index in [0.29, 0.717) is 73.6 Å². The summed E-state index contributed by atoms with van der Waals surface area (Å²) in [6, 6.07) is 10.6.